The first-order chi connectivity index (χ1) is 11.0. The number of ether oxygens (including phenoxy) is 1. The molecule has 1 aromatic rings. The van der Waals surface area contributed by atoms with Crippen LogP contribution >= 0.6 is 0 Å². The number of morpholine rings is 1. The van der Waals surface area contributed by atoms with E-state index in [0.29, 0.717) is 0 Å². The summed E-state index contributed by atoms with van der Waals surface area (Å²) in [4.78, 5) is 5.16. The van der Waals surface area contributed by atoms with Gasteiger partial charge in [-0.15, -0.1) is 0 Å². The molecular formula is C20H30N2O. The van der Waals surface area contributed by atoms with Gasteiger partial charge in [0.1, 0.15) is 5.60 Å². The molecule has 0 N–H and O–H groups in total. The maximum Gasteiger partial charge on any atom is 0.101 e. The van der Waals surface area contributed by atoms with E-state index in [9.17, 15) is 0 Å². The summed E-state index contributed by atoms with van der Waals surface area (Å²) < 4.78 is 6.39. The maximum absolute atomic E-state index is 6.39. The Morgan fingerprint density at radius 2 is 1.70 bits per heavy atom. The van der Waals surface area contributed by atoms with Gasteiger partial charge >= 0.3 is 0 Å². The first kappa shape index (κ1) is 15.5. The first-order valence-electron chi connectivity index (χ1n) is 9.18. The van der Waals surface area contributed by atoms with E-state index in [1.807, 2.05) is 0 Å². The van der Waals surface area contributed by atoms with Gasteiger partial charge in [0.15, 0.2) is 0 Å². The molecule has 23 heavy (non-hydrogen) atoms. The van der Waals surface area contributed by atoms with Crippen LogP contribution in [-0.4, -0.2) is 49.8 Å². The summed E-state index contributed by atoms with van der Waals surface area (Å²) in [5.74, 6) is 0.754. The second-order valence-corrected chi connectivity index (χ2v) is 8.68. The van der Waals surface area contributed by atoms with Crippen molar-refractivity contribution in [1.29, 1.82) is 0 Å². The highest BCUT2D eigenvalue weighted by Crippen LogP contribution is 2.41. The zero-order chi connectivity index (χ0) is 16.1. The molecule has 126 valence electrons. The monoisotopic (exact) mass is 314 g/mol. The molecule has 4 aliphatic heterocycles. The third-order valence-electron chi connectivity index (χ3n) is 6.13. The molecule has 0 aromatic heterocycles. The lowest BCUT2D eigenvalue weighted by Gasteiger charge is -2.56. The number of piperidine rings is 3. The van der Waals surface area contributed by atoms with Crippen molar-refractivity contribution >= 4 is 5.69 Å². The van der Waals surface area contributed by atoms with Gasteiger partial charge in [-0.2, -0.15) is 0 Å². The predicted octanol–water partition coefficient (Wildman–Crippen LogP) is 3.29. The fraction of sp³-hybridized carbons (Fsp3) is 0.700. The van der Waals surface area contributed by atoms with E-state index in [-0.39, 0.29) is 11.0 Å². The Morgan fingerprint density at radius 1 is 1.00 bits per heavy atom. The standard InChI is InChI=1S/C20H30N2O/c1-19(2,3)16-4-6-18(7-5-16)22-12-13-23-20(15-22)14-21-10-8-17(20)9-11-21/h4-7,17H,8-15H2,1-3H3. The zero-order valence-electron chi connectivity index (χ0n) is 14.8. The number of nitrogens with zero attached hydrogens (tertiary/aromatic N) is 2. The van der Waals surface area contributed by atoms with Crippen LogP contribution < -0.4 is 4.90 Å². The molecule has 1 unspecified atom stereocenters. The zero-order valence-corrected chi connectivity index (χ0v) is 14.8. The molecule has 0 radical (unpaired) electrons. The average Bonchev–Trinajstić information content (AvgIpc) is 2.55. The highest BCUT2D eigenvalue weighted by molar-refractivity contribution is 5.49. The Morgan fingerprint density at radius 3 is 2.26 bits per heavy atom. The van der Waals surface area contributed by atoms with Crippen LogP contribution in [0.15, 0.2) is 24.3 Å². The fourth-order valence-electron chi connectivity index (χ4n) is 4.67. The number of anilines is 1. The first-order valence-corrected chi connectivity index (χ1v) is 9.18. The number of rotatable bonds is 1. The van der Waals surface area contributed by atoms with Crippen LogP contribution in [0.1, 0.15) is 39.2 Å². The Labute approximate surface area is 140 Å². The van der Waals surface area contributed by atoms with Gasteiger partial charge in [-0.25, -0.2) is 0 Å². The predicted molar refractivity (Wildman–Crippen MR) is 95.2 cm³/mol. The van der Waals surface area contributed by atoms with Crippen LogP contribution in [0.25, 0.3) is 0 Å². The second-order valence-electron chi connectivity index (χ2n) is 8.68. The minimum Gasteiger partial charge on any atom is -0.370 e. The van der Waals surface area contributed by atoms with Crippen molar-refractivity contribution in [3.8, 4) is 0 Å². The molecule has 4 saturated heterocycles. The smallest absolute Gasteiger partial charge is 0.101 e. The molecule has 0 aliphatic carbocycles. The number of hydrogen-bond donors (Lipinski definition) is 0. The minimum absolute atomic E-state index is 0.0808. The number of benzene rings is 1. The summed E-state index contributed by atoms with van der Waals surface area (Å²) in [6, 6.07) is 9.21. The third-order valence-corrected chi connectivity index (χ3v) is 6.13. The Balaban J connectivity index is 1.53. The SMILES string of the molecule is CC(C)(C)c1ccc(N2CCOC3(CN4CCC3CC4)C2)cc1. The van der Waals surface area contributed by atoms with Gasteiger partial charge in [-0.1, -0.05) is 32.9 Å². The summed E-state index contributed by atoms with van der Waals surface area (Å²) >= 11 is 0. The van der Waals surface area contributed by atoms with Crippen molar-refractivity contribution in [2.24, 2.45) is 5.92 Å². The molecule has 1 aromatic carbocycles. The topological polar surface area (TPSA) is 15.7 Å². The summed E-state index contributed by atoms with van der Waals surface area (Å²) in [6.07, 6.45) is 2.63. The molecule has 1 spiro atoms. The van der Waals surface area contributed by atoms with Gasteiger partial charge in [0.2, 0.25) is 0 Å². The molecule has 4 aliphatic rings. The molecule has 4 heterocycles. The molecule has 1 atom stereocenters. The summed E-state index contributed by atoms with van der Waals surface area (Å²) in [5.41, 5.74) is 3.07. The molecule has 5 rings (SSSR count). The molecule has 2 bridgehead atoms. The van der Waals surface area contributed by atoms with E-state index >= 15 is 0 Å². The van der Waals surface area contributed by atoms with Crippen LogP contribution in [0.4, 0.5) is 5.69 Å². The number of hydrogen-bond acceptors (Lipinski definition) is 3. The van der Waals surface area contributed by atoms with Crippen molar-refractivity contribution in [2.75, 3.05) is 44.2 Å². The van der Waals surface area contributed by atoms with Gasteiger partial charge in [0.25, 0.3) is 0 Å². The minimum atomic E-state index is 0.0808. The molecule has 0 amide bonds. The van der Waals surface area contributed by atoms with Crippen molar-refractivity contribution in [3.63, 3.8) is 0 Å². The van der Waals surface area contributed by atoms with Crippen LogP contribution in [-0.2, 0) is 10.2 Å². The van der Waals surface area contributed by atoms with Gasteiger partial charge in [-0.3, -0.25) is 0 Å². The number of fused-ring (bicyclic) bond motifs is 2. The van der Waals surface area contributed by atoms with E-state index < -0.39 is 0 Å². The third kappa shape index (κ3) is 2.78. The van der Waals surface area contributed by atoms with E-state index in [0.717, 1.165) is 32.2 Å². The quantitative estimate of drug-likeness (QED) is 0.791. The van der Waals surface area contributed by atoms with Crippen molar-refractivity contribution in [2.45, 2.75) is 44.6 Å². The molecule has 0 saturated carbocycles. The van der Waals surface area contributed by atoms with Crippen LogP contribution in [0.3, 0.4) is 0 Å². The molecule has 4 fully saturated rings. The highest BCUT2D eigenvalue weighted by atomic mass is 16.5. The lowest BCUT2D eigenvalue weighted by molar-refractivity contribution is -0.157. The van der Waals surface area contributed by atoms with E-state index in [4.69, 9.17) is 4.74 Å². The Kier molecular flexibility index (Phi) is 3.69. The maximum atomic E-state index is 6.39. The lowest BCUT2D eigenvalue weighted by Crippen LogP contribution is -2.67. The van der Waals surface area contributed by atoms with E-state index in [1.54, 1.807) is 0 Å². The van der Waals surface area contributed by atoms with Gasteiger partial charge in [-0.05, 0) is 55.0 Å². The largest absolute Gasteiger partial charge is 0.370 e. The second kappa shape index (κ2) is 5.49. The van der Waals surface area contributed by atoms with Gasteiger partial charge in [0.05, 0.1) is 6.61 Å². The molecule has 3 heteroatoms. The highest BCUT2D eigenvalue weighted by Gasteiger charge is 2.50. The van der Waals surface area contributed by atoms with Gasteiger partial charge in [0, 0.05) is 25.3 Å². The van der Waals surface area contributed by atoms with Crippen LogP contribution in [0.5, 0.6) is 0 Å². The lowest BCUT2D eigenvalue weighted by atomic mass is 9.74. The summed E-state index contributed by atoms with van der Waals surface area (Å²) in [6.45, 7) is 13.5. The Bertz CT molecular complexity index is 554. The van der Waals surface area contributed by atoms with E-state index in [1.165, 1.54) is 37.2 Å². The van der Waals surface area contributed by atoms with Gasteiger partial charge < -0.3 is 14.5 Å². The molecule has 3 nitrogen and oxygen atoms in total. The fourth-order valence-corrected chi connectivity index (χ4v) is 4.67. The van der Waals surface area contributed by atoms with Crippen LogP contribution in [0.2, 0.25) is 0 Å². The van der Waals surface area contributed by atoms with E-state index in [2.05, 4.69) is 54.8 Å². The summed E-state index contributed by atoms with van der Waals surface area (Å²) in [7, 11) is 0. The van der Waals surface area contributed by atoms with Crippen molar-refractivity contribution in [3.05, 3.63) is 29.8 Å². The Hall–Kier alpha value is -1.06. The van der Waals surface area contributed by atoms with Crippen LogP contribution in [0, 0.1) is 5.92 Å². The molecular weight excluding hydrogens is 284 g/mol. The summed E-state index contributed by atoms with van der Waals surface area (Å²) in [5, 5.41) is 0. The normalized spacial score (nSPS) is 34.1. The van der Waals surface area contributed by atoms with Crippen molar-refractivity contribution < 1.29 is 4.74 Å². The van der Waals surface area contributed by atoms with Crippen molar-refractivity contribution in [1.82, 2.24) is 4.90 Å². The average molecular weight is 314 g/mol.